The molecule has 3 aromatic rings. The number of halogens is 2. The molecule has 1 fully saturated rings. The minimum atomic E-state index is -0.231. The molecule has 5 nitrogen and oxygen atoms in total. The fourth-order valence-corrected chi connectivity index (χ4v) is 4.55. The summed E-state index contributed by atoms with van der Waals surface area (Å²) in [4.78, 5) is 29.6. The number of amides is 2. The maximum atomic E-state index is 12.8. The number of aryl methyl sites for hydroxylation is 1. The molecule has 2 amide bonds. The standard InChI is InChI=1S/C26H25ClIN3O2/c1-2-18-3-5-19(6-4-18)26(33)31-15-13-30(14-16-31)22-10-8-21(9-11-22)29-25(32)23-17-20(28)7-12-24(23)27/h3-12,17H,2,13-16H2,1H3,(H,29,32). The van der Waals surface area contributed by atoms with Gasteiger partial charge in [0.2, 0.25) is 0 Å². The van der Waals surface area contributed by atoms with Crippen LogP contribution >= 0.6 is 34.2 Å². The molecule has 1 aliphatic rings. The molecule has 0 radical (unpaired) electrons. The molecule has 170 valence electrons. The second-order valence-corrected chi connectivity index (χ2v) is 9.61. The molecule has 1 aliphatic heterocycles. The molecule has 0 bridgehead atoms. The van der Waals surface area contributed by atoms with E-state index in [4.69, 9.17) is 11.6 Å². The molecule has 3 aromatic carbocycles. The summed E-state index contributed by atoms with van der Waals surface area (Å²) in [6, 6.07) is 21.0. The van der Waals surface area contributed by atoms with E-state index >= 15 is 0 Å². The maximum absolute atomic E-state index is 12.8. The first-order valence-electron chi connectivity index (χ1n) is 10.9. The third-order valence-electron chi connectivity index (χ3n) is 5.84. The van der Waals surface area contributed by atoms with E-state index in [-0.39, 0.29) is 11.8 Å². The summed E-state index contributed by atoms with van der Waals surface area (Å²) in [6.45, 7) is 5.00. The van der Waals surface area contributed by atoms with Crippen LogP contribution in [-0.4, -0.2) is 42.9 Å². The normalized spacial score (nSPS) is 13.7. The lowest BCUT2D eigenvalue weighted by Gasteiger charge is -2.36. The van der Waals surface area contributed by atoms with Crippen molar-refractivity contribution in [2.45, 2.75) is 13.3 Å². The highest BCUT2D eigenvalue weighted by Crippen LogP contribution is 2.23. The van der Waals surface area contributed by atoms with Gasteiger partial charge < -0.3 is 15.1 Å². The summed E-state index contributed by atoms with van der Waals surface area (Å²) in [5.74, 6) is -0.144. The molecule has 0 saturated carbocycles. The zero-order valence-corrected chi connectivity index (χ0v) is 21.3. The van der Waals surface area contributed by atoms with Crippen LogP contribution in [0.15, 0.2) is 66.7 Å². The number of hydrogen-bond acceptors (Lipinski definition) is 3. The Morgan fingerprint density at radius 3 is 2.24 bits per heavy atom. The monoisotopic (exact) mass is 573 g/mol. The molecular formula is C26H25ClIN3O2. The van der Waals surface area contributed by atoms with Gasteiger partial charge in [0.15, 0.2) is 0 Å². The van der Waals surface area contributed by atoms with Gasteiger partial charge in [0.25, 0.3) is 11.8 Å². The number of rotatable bonds is 5. The van der Waals surface area contributed by atoms with Crippen molar-refractivity contribution in [3.8, 4) is 0 Å². The summed E-state index contributed by atoms with van der Waals surface area (Å²) >= 11 is 8.33. The van der Waals surface area contributed by atoms with E-state index in [1.54, 1.807) is 12.1 Å². The van der Waals surface area contributed by atoms with Gasteiger partial charge in [0, 0.05) is 46.7 Å². The Labute approximate surface area is 212 Å². The van der Waals surface area contributed by atoms with Crippen LogP contribution in [0.3, 0.4) is 0 Å². The highest BCUT2D eigenvalue weighted by molar-refractivity contribution is 14.1. The van der Waals surface area contributed by atoms with Gasteiger partial charge in [-0.1, -0.05) is 30.7 Å². The van der Waals surface area contributed by atoms with Gasteiger partial charge in [0.05, 0.1) is 10.6 Å². The largest absolute Gasteiger partial charge is 0.368 e. The van der Waals surface area contributed by atoms with Crippen LogP contribution in [0.4, 0.5) is 11.4 Å². The zero-order valence-electron chi connectivity index (χ0n) is 18.4. The smallest absolute Gasteiger partial charge is 0.257 e. The molecule has 0 spiro atoms. The van der Waals surface area contributed by atoms with Gasteiger partial charge in [-0.05, 0) is 89.2 Å². The third-order valence-corrected chi connectivity index (χ3v) is 6.84. The lowest BCUT2D eigenvalue weighted by atomic mass is 10.1. The van der Waals surface area contributed by atoms with Crippen molar-refractivity contribution < 1.29 is 9.59 Å². The molecule has 7 heteroatoms. The Hall–Kier alpha value is -2.58. The van der Waals surface area contributed by atoms with E-state index in [1.807, 2.05) is 59.5 Å². The Morgan fingerprint density at radius 1 is 0.939 bits per heavy atom. The van der Waals surface area contributed by atoms with Crippen molar-refractivity contribution in [3.63, 3.8) is 0 Å². The Kier molecular flexibility index (Phi) is 7.55. The highest BCUT2D eigenvalue weighted by atomic mass is 127. The second-order valence-electron chi connectivity index (χ2n) is 7.95. The summed E-state index contributed by atoms with van der Waals surface area (Å²) in [5, 5.41) is 3.34. The van der Waals surface area contributed by atoms with Crippen molar-refractivity contribution in [2.24, 2.45) is 0 Å². The van der Waals surface area contributed by atoms with Crippen molar-refractivity contribution in [2.75, 3.05) is 36.4 Å². The van der Waals surface area contributed by atoms with Crippen molar-refractivity contribution >= 4 is 57.4 Å². The minimum Gasteiger partial charge on any atom is -0.368 e. The van der Waals surface area contributed by atoms with Gasteiger partial charge in [-0.15, -0.1) is 0 Å². The fraction of sp³-hybridized carbons (Fsp3) is 0.231. The van der Waals surface area contributed by atoms with Gasteiger partial charge in [-0.2, -0.15) is 0 Å². The van der Waals surface area contributed by atoms with Crippen LogP contribution in [0.2, 0.25) is 5.02 Å². The predicted octanol–water partition coefficient (Wildman–Crippen LogP) is 5.72. The lowest BCUT2D eigenvalue weighted by molar-refractivity contribution is 0.0746. The van der Waals surface area contributed by atoms with Crippen LogP contribution in [0, 0.1) is 3.57 Å². The number of carbonyl (C=O) groups excluding carboxylic acids is 2. The maximum Gasteiger partial charge on any atom is 0.257 e. The summed E-state index contributed by atoms with van der Waals surface area (Å²) in [5.41, 5.74) is 4.21. The molecule has 0 aromatic heterocycles. The zero-order chi connectivity index (χ0) is 23.4. The van der Waals surface area contributed by atoms with E-state index < -0.39 is 0 Å². The minimum absolute atomic E-state index is 0.0876. The number of hydrogen-bond donors (Lipinski definition) is 1. The van der Waals surface area contributed by atoms with Crippen molar-refractivity contribution in [3.05, 3.63) is 92.0 Å². The molecule has 1 saturated heterocycles. The molecular weight excluding hydrogens is 549 g/mol. The summed E-state index contributed by atoms with van der Waals surface area (Å²) < 4.78 is 0.952. The molecule has 0 atom stereocenters. The van der Waals surface area contributed by atoms with Crippen LogP contribution in [0.1, 0.15) is 33.2 Å². The van der Waals surface area contributed by atoms with E-state index in [1.165, 1.54) is 5.56 Å². The average Bonchev–Trinajstić information content (AvgIpc) is 2.85. The third kappa shape index (κ3) is 5.68. The molecule has 1 N–H and O–H groups in total. The SMILES string of the molecule is CCc1ccc(C(=O)N2CCN(c3ccc(NC(=O)c4cc(I)ccc4Cl)cc3)CC2)cc1. The van der Waals surface area contributed by atoms with Crippen LogP contribution in [0.5, 0.6) is 0 Å². The molecule has 0 aliphatic carbocycles. The number of anilines is 2. The van der Waals surface area contributed by atoms with Gasteiger partial charge >= 0.3 is 0 Å². The molecule has 33 heavy (non-hydrogen) atoms. The fourth-order valence-electron chi connectivity index (χ4n) is 3.86. The van der Waals surface area contributed by atoms with Crippen LogP contribution in [0.25, 0.3) is 0 Å². The summed E-state index contributed by atoms with van der Waals surface area (Å²) in [6.07, 6.45) is 0.967. The predicted molar refractivity (Wildman–Crippen MR) is 143 cm³/mol. The number of benzene rings is 3. The van der Waals surface area contributed by atoms with E-state index in [0.29, 0.717) is 29.4 Å². The number of nitrogens with zero attached hydrogens (tertiary/aromatic N) is 2. The first-order chi connectivity index (χ1) is 15.9. The van der Waals surface area contributed by atoms with Crippen LogP contribution in [-0.2, 0) is 6.42 Å². The first-order valence-corrected chi connectivity index (χ1v) is 12.4. The molecule has 1 heterocycles. The van der Waals surface area contributed by atoms with Crippen molar-refractivity contribution in [1.29, 1.82) is 0 Å². The summed E-state index contributed by atoms with van der Waals surface area (Å²) in [7, 11) is 0. The Morgan fingerprint density at radius 2 is 1.61 bits per heavy atom. The topological polar surface area (TPSA) is 52.7 Å². The number of nitrogens with one attached hydrogen (secondary N) is 1. The number of carbonyl (C=O) groups is 2. The van der Waals surface area contributed by atoms with Gasteiger partial charge in [0.1, 0.15) is 0 Å². The van der Waals surface area contributed by atoms with E-state index in [9.17, 15) is 9.59 Å². The van der Waals surface area contributed by atoms with E-state index in [0.717, 1.165) is 34.3 Å². The van der Waals surface area contributed by atoms with Crippen molar-refractivity contribution in [1.82, 2.24) is 4.90 Å². The van der Waals surface area contributed by atoms with E-state index in [2.05, 4.69) is 39.7 Å². The highest BCUT2D eigenvalue weighted by Gasteiger charge is 2.22. The Balaban J connectivity index is 1.34. The first kappa shape index (κ1) is 23.6. The van der Waals surface area contributed by atoms with Crippen LogP contribution < -0.4 is 10.2 Å². The quantitative estimate of drug-likeness (QED) is 0.397. The molecule has 0 unspecified atom stereocenters. The Bertz CT molecular complexity index is 1140. The lowest BCUT2D eigenvalue weighted by Crippen LogP contribution is -2.48. The second kappa shape index (κ2) is 10.6. The number of piperazine rings is 1. The van der Waals surface area contributed by atoms with Gasteiger partial charge in [-0.25, -0.2) is 0 Å². The average molecular weight is 574 g/mol. The van der Waals surface area contributed by atoms with Gasteiger partial charge in [-0.3, -0.25) is 9.59 Å². The molecule has 4 rings (SSSR count).